The van der Waals surface area contributed by atoms with Crippen LogP contribution >= 0.6 is 11.6 Å². The molecule has 40 heavy (non-hydrogen) atoms. The Kier molecular flexibility index (Phi) is 8.20. The predicted molar refractivity (Wildman–Crippen MR) is 147 cm³/mol. The maximum Gasteiger partial charge on any atom is 0.257 e. The topological polar surface area (TPSA) is 107 Å². The Hall–Kier alpha value is -3.35. The highest BCUT2D eigenvalue weighted by Gasteiger charge is 2.54. The Morgan fingerprint density at radius 1 is 1.20 bits per heavy atom. The Morgan fingerprint density at radius 2 is 1.93 bits per heavy atom. The molecule has 1 amide bonds. The molecule has 0 spiro atoms. The van der Waals surface area contributed by atoms with Gasteiger partial charge in [-0.2, -0.15) is 5.26 Å². The molecule has 9 heteroatoms. The second kappa shape index (κ2) is 11.6. The number of fused-ring (bicyclic) bond motifs is 1. The molecule has 2 atom stereocenters. The van der Waals surface area contributed by atoms with E-state index in [-0.39, 0.29) is 23.8 Å². The van der Waals surface area contributed by atoms with Crippen molar-refractivity contribution in [1.82, 2.24) is 9.88 Å². The van der Waals surface area contributed by atoms with Gasteiger partial charge in [0, 0.05) is 23.9 Å². The van der Waals surface area contributed by atoms with Crippen molar-refractivity contribution in [3.63, 3.8) is 0 Å². The molecule has 1 aliphatic carbocycles. The Bertz CT molecular complexity index is 1420. The number of methoxy groups -OCH3 is 1. The number of benzene rings is 2. The van der Waals surface area contributed by atoms with Crippen molar-refractivity contribution in [2.24, 2.45) is 5.92 Å². The van der Waals surface area contributed by atoms with Crippen molar-refractivity contribution in [2.45, 2.75) is 63.0 Å². The van der Waals surface area contributed by atoms with Crippen LogP contribution in [0.2, 0.25) is 5.02 Å². The van der Waals surface area contributed by atoms with E-state index in [1.165, 1.54) is 24.3 Å². The van der Waals surface area contributed by atoms with Crippen LogP contribution in [0.5, 0.6) is 0 Å². The van der Waals surface area contributed by atoms with Crippen molar-refractivity contribution in [2.75, 3.05) is 7.11 Å². The Balaban J connectivity index is 1.52. The highest BCUT2D eigenvalue weighted by Crippen LogP contribution is 2.48. The third kappa shape index (κ3) is 5.23. The van der Waals surface area contributed by atoms with E-state index in [4.69, 9.17) is 21.6 Å². The molecule has 7 nitrogen and oxygen atoms in total. The molecule has 2 N–H and O–H groups in total. The van der Waals surface area contributed by atoms with Crippen LogP contribution in [0.4, 0.5) is 4.39 Å². The van der Waals surface area contributed by atoms with E-state index < -0.39 is 23.6 Å². The normalized spacial score (nSPS) is 23.1. The molecule has 3 aromatic rings. The zero-order valence-electron chi connectivity index (χ0n) is 22.2. The van der Waals surface area contributed by atoms with Gasteiger partial charge >= 0.3 is 0 Å². The quantitative estimate of drug-likeness (QED) is 0.369. The van der Waals surface area contributed by atoms with E-state index in [2.05, 4.69) is 4.98 Å². The maximum absolute atomic E-state index is 16.1. The van der Waals surface area contributed by atoms with Crippen LogP contribution in [0.3, 0.4) is 0 Å². The molecule has 1 aliphatic heterocycles. The third-order valence-corrected chi connectivity index (χ3v) is 8.41. The van der Waals surface area contributed by atoms with Crippen LogP contribution in [0.15, 0.2) is 54.7 Å². The van der Waals surface area contributed by atoms with Gasteiger partial charge < -0.3 is 14.9 Å². The zero-order chi connectivity index (χ0) is 28.4. The SMILES string of the molecule is CO[C@]1(c2ccc(Cl)cc2)c2c(F)cc(C(O)CC[C@H]3CC[C@H](O)CC3)cc2C(=O)N1Cc1ccc(C#N)cn1. The van der Waals surface area contributed by atoms with Gasteiger partial charge in [0.1, 0.15) is 11.9 Å². The first-order valence-electron chi connectivity index (χ1n) is 13.4. The number of hydrogen-bond donors (Lipinski definition) is 2. The van der Waals surface area contributed by atoms with Crippen LogP contribution in [-0.4, -0.2) is 39.2 Å². The number of ether oxygens (including phenoxy) is 1. The van der Waals surface area contributed by atoms with Gasteiger partial charge in [-0.25, -0.2) is 4.39 Å². The minimum absolute atomic E-state index is 0.0133. The molecule has 208 valence electrons. The van der Waals surface area contributed by atoms with Gasteiger partial charge in [-0.3, -0.25) is 14.7 Å². The number of aliphatic hydroxyl groups excluding tert-OH is 2. The maximum atomic E-state index is 16.1. The Morgan fingerprint density at radius 3 is 2.55 bits per heavy atom. The molecule has 0 bridgehead atoms. The minimum Gasteiger partial charge on any atom is -0.393 e. The molecule has 1 aromatic heterocycles. The van der Waals surface area contributed by atoms with Gasteiger partial charge in [-0.1, -0.05) is 23.7 Å². The van der Waals surface area contributed by atoms with Crippen LogP contribution in [0.25, 0.3) is 0 Å². The van der Waals surface area contributed by atoms with Crippen LogP contribution in [0.1, 0.15) is 82.9 Å². The van der Waals surface area contributed by atoms with Gasteiger partial charge in [0.15, 0.2) is 5.72 Å². The minimum atomic E-state index is -1.61. The summed E-state index contributed by atoms with van der Waals surface area (Å²) in [5.41, 5.74) is 0.280. The monoisotopic (exact) mass is 563 g/mol. The molecule has 0 saturated heterocycles. The Labute approximate surface area is 237 Å². The summed E-state index contributed by atoms with van der Waals surface area (Å²) in [6, 6.07) is 14.8. The molecule has 2 aliphatic rings. The smallest absolute Gasteiger partial charge is 0.257 e. The average molecular weight is 564 g/mol. The highest BCUT2D eigenvalue weighted by atomic mass is 35.5. The zero-order valence-corrected chi connectivity index (χ0v) is 22.9. The third-order valence-electron chi connectivity index (χ3n) is 8.16. The van der Waals surface area contributed by atoms with Gasteiger partial charge in [-0.15, -0.1) is 0 Å². The fourth-order valence-electron chi connectivity index (χ4n) is 5.99. The number of aromatic nitrogens is 1. The average Bonchev–Trinajstić information content (AvgIpc) is 3.21. The molecule has 5 rings (SSSR count). The lowest BCUT2D eigenvalue weighted by molar-refractivity contribution is -0.0885. The lowest BCUT2D eigenvalue weighted by atomic mass is 9.83. The number of nitrogens with zero attached hydrogens (tertiary/aromatic N) is 3. The molecular weight excluding hydrogens is 533 g/mol. The van der Waals surface area contributed by atoms with Gasteiger partial charge in [0.05, 0.1) is 41.1 Å². The van der Waals surface area contributed by atoms with E-state index in [0.717, 1.165) is 32.1 Å². The summed E-state index contributed by atoms with van der Waals surface area (Å²) >= 11 is 6.14. The van der Waals surface area contributed by atoms with E-state index in [1.807, 2.05) is 6.07 Å². The molecular formula is C31H31ClFN3O4. The molecule has 2 heterocycles. The summed E-state index contributed by atoms with van der Waals surface area (Å²) in [4.78, 5) is 19.7. The fraction of sp³-hybridized carbons (Fsp3) is 0.387. The van der Waals surface area contributed by atoms with Gasteiger partial charge in [0.25, 0.3) is 5.91 Å². The number of halogens is 2. The first-order valence-corrected chi connectivity index (χ1v) is 13.8. The van der Waals surface area contributed by atoms with E-state index in [9.17, 15) is 15.0 Å². The standard InChI is InChI=1S/C31H31ClFN3O4/c1-40-31(22-6-8-23(32)9-7-22)29-26(30(39)36(31)18-24-10-2-20(16-34)17-35-24)14-21(15-27(29)33)28(38)13-5-19-3-11-25(37)12-4-19/h2,6-10,14-15,17,19,25,28,37-38H,3-5,11-13,18H2,1H3/t19-,25-,28?,31-/m1/s1. The largest absolute Gasteiger partial charge is 0.393 e. The summed E-state index contributed by atoms with van der Waals surface area (Å²) in [5.74, 6) is -0.722. The van der Waals surface area contributed by atoms with Crippen molar-refractivity contribution < 1.29 is 24.1 Å². The van der Waals surface area contributed by atoms with Gasteiger partial charge in [-0.05, 0) is 86.4 Å². The number of amides is 1. The summed E-state index contributed by atoms with van der Waals surface area (Å²) in [6.45, 7) is -0.0133. The predicted octanol–water partition coefficient (Wildman–Crippen LogP) is 5.61. The van der Waals surface area contributed by atoms with Crippen molar-refractivity contribution >= 4 is 17.5 Å². The lowest BCUT2D eigenvalue weighted by Crippen LogP contribution is -2.46. The van der Waals surface area contributed by atoms with E-state index >= 15 is 4.39 Å². The van der Waals surface area contributed by atoms with Crippen molar-refractivity contribution in [1.29, 1.82) is 5.26 Å². The first-order chi connectivity index (χ1) is 19.3. The molecule has 0 radical (unpaired) electrons. The number of rotatable bonds is 8. The van der Waals surface area contributed by atoms with E-state index in [0.29, 0.717) is 39.7 Å². The molecule has 2 aromatic carbocycles. The molecule has 1 unspecified atom stereocenters. The van der Waals surface area contributed by atoms with Crippen molar-refractivity contribution in [3.05, 3.63) is 99.1 Å². The second-order valence-corrected chi connectivity index (χ2v) is 11.0. The number of carbonyl (C=O) groups is 1. The summed E-state index contributed by atoms with van der Waals surface area (Å²) < 4.78 is 22.1. The number of pyridine rings is 1. The summed E-state index contributed by atoms with van der Waals surface area (Å²) in [6.07, 6.45) is 4.74. The van der Waals surface area contributed by atoms with Crippen LogP contribution < -0.4 is 0 Å². The first kappa shape index (κ1) is 28.2. The molecule has 1 fully saturated rings. The number of nitriles is 1. The number of carbonyl (C=O) groups excluding carboxylic acids is 1. The van der Waals surface area contributed by atoms with Crippen LogP contribution in [-0.2, 0) is 17.0 Å². The van der Waals surface area contributed by atoms with E-state index in [1.54, 1.807) is 42.5 Å². The highest BCUT2D eigenvalue weighted by molar-refractivity contribution is 6.30. The summed E-state index contributed by atoms with van der Waals surface area (Å²) in [7, 11) is 1.42. The number of hydrogen-bond acceptors (Lipinski definition) is 6. The molecule has 1 saturated carbocycles. The summed E-state index contributed by atoms with van der Waals surface area (Å²) in [5, 5.41) is 30.4. The second-order valence-electron chi connectivity index (χ2n) is 10.6. The van der Waals surface area contributed by atoms with Crippen LogP contribution in [0, 0.1) is 23.1 Å². The number of aliphatic hydroxyl groups is 2. The fourth-order valence-corrected chi connectivity index (χ4v) is 6.11. The lowest BCUT2D eigenvalue weighted by Gasteiger charge is -2.38. The van der Waals surface area contributed by atoms with Gasteiger partial charge in [0.2, 0.25) is 0 Å². The van der Waals surface area contributed by atoms with Crippen molar-refractivity contribution in [3.8, 4) is 6.07 Å².